The number of nitrogens with one attached hydrogen (secondary N) is 2. The molecule has 2 aliphatic rings. The van der Waals surface area contributed by atoms with Gasteiger partial charge in [-0.2, -0.15) is 0 Å². The van der Waals surface area contributed by atoms with E-state index in [4.69, 9.17) is 0 Å². The van der Waals surface area contributed by atoms with Gasteiger partial charge >= 0.3 is 0 Å². The van der Waals surface area contributed by atoms with Crippen LogP contribution in [0.4, 0.5) is 15.8 Å². The van der Waals surface area contributed by atoms with Gasteiger partial charge in [-0.3, -0.25) is 9.18 Å². The van der Waals surface area contributed by atoms with Gasteiger partial charge in [0.05, 0.1) is 6.67 Å². The van der Waals surface area contributed by atoms with Gasteiger partial charge in [0.25, 0.3) is 5.91 Å². The van der Waals surface area contributed by atoms with Crippen molar-refractivity contribution in [3.8, 4) is 0 Å². The lowest BCUT2D eigenvalue weighted by atomic mass is 9.71. The Hall–Kier alpha value is -1.66. The van der Waals surface area contributed by atoms with Crippen LogP contribution in [0.1, 0.15) is 12.8 Å². The number of halogens is 1. The first kappa shape index (κ1) is 15.2. The van der Waals surface area contributed by atoms with Gasteiger partial charge in [0.2, 0.25) is 0 Å². The van der Waals surface area contributed by atoms with Gasteiger partial charge in [-0.05, 0) is 43.0 Å². The molecule has 1 saturated heterocycles. The van der Waals surface area contributed by atoms with Crippen LogP contribution in [0.2, 0.25) is 0 Å². The molecule has 1 amide bonds. The van der Waals surface area contributed by atoms with E-state index in [1.165, 1.54) is 0 Å². The minimum absolute atomic E-state index is 0.189. The van der Waals surface area contributed by atoms with Gasteiger partial charge in [-0.1, -0.05) is 0 Å². The molecule has 1 aliphatic carbocycles. The number of rotatable bonds is 4. The molecule has 0 bridgehead atoms. The lowest BCUT2D eigenvalue weighted by Crippen LogP contribution is -2.53. The maximum atomic E-state index is 12.4. The second-order valence-electron chi connectivity index (χ2n) is 6.20. The monoisotopic (exact) mass is 307 g/mol. The van der Waals surface area contributed by atoms with Crippen LogP contribution in [0.25, 0.3) is 0 Å². The molecular formula is C16H22FN3O2. The number of hydrogen-bond acceptors (Lipinski definition) is 4. The molecule has 1 aromatic carbocycles. The molecule has 22 heavy (non-hydrogen) atoms. The van der Waals surface area contributed by atoms with Crippen molar-refractivity contribution in [2.75, 3.05) is 43.1 Å². The maximum absolute atomic E-state index is 12.4. The number of amides is 1. The first-order chi connectivity index (χ1) is 10.6. The Bertz CT molecular complexity index is 523. The molecule has 1 aliphatic heterocycles. The third-order valence-electron chi connectivity index (χ3n) is 4.50. The Kier molecular flexibility index (Phi) is 4.31. The predicted molar refractivity (Wildman–Crippen MR) is 83.8 cm³/mol. The molecule has 120 valence electrons. The highest BCUT2D eigenvalue weighted by Crippen LogP contribution is 2.38. The Morgan fingerprint density at radius 2 is 1.95 bits per heavy atom. The fourth-order valence-electron chi connectivity index (χ4n) is 3.12. The minimum Gasteiger partial charge on any atom is -0.380 e. The summed E-state index contributed by atoms with van der Waals surface area (Å²) in [5, 5.41) is 16.1. The first-order valence-electron chi connectivity index (χ1n) is 7.76. The highest BCUT2D eigenvalue weighted by molar-refractivity contribution is 5.98. The van der Waals surface area contributed by atoms with E-state index in [0.29, 0.717) is 5.69 Å². The van der Waals surface area contributed by atoms with Crippen molar-refractivity contribution in [1.82, 2.24) is 5.32 Å². The van der Waals surface area contributed by atoms with Crippen LogP contribution in [-0.4, -0.2) is 49.5 Å². The molecular weight excluding hydrogens is 285 g/mol. The normalized spacial score (nSPS) is 28.1. The average Bonchev–Trinajstić information content (AvgIpc) is 2.53. The van der Waals surface area contributed by atoms with E-state index in [9.17, 15) is 14.3 Å². The van der Waals surface area contributed by atoms with E-state index in [2.05, 4.69) is 15.5 Å². The van der Waals surface area contributed by atoms with Crippen LogP contribution in [0.5, 0.6) is 0 Å². The summed E-state index contributed by atoms with van der Waals surface area (Å²) in [6, 6.07) is 7.61. The molecule has 3 rings (SSSR count). The van der Waals surface area contributed by atoms with Gasteiger partial charge in [0.15, 0.2) is 0 Å². The molecule has 6 heteroatoms. The van der Waals surface area contributed by atoms with E-state index in [1.54, 1.807) is 0 Å². The summed E-state index contributed by atoms with van der Waals surface area (Å²) in [4.78, 5) is 14.3. The van der Waals surface area contributed by atoms with Crippen molar-refractivity contribution >= 4 is 17.3 Å². The largest absolute Gasteiger partial charge is 0.380 e. The zero-order valence-electron chi connectivity index (χ0n) is 12.5. The first-order valence-corrected chi connectivity index (χ1v) is 7.76. The Labute approximate surface area is 129 Å². The van der Waals surface area contributed by atoms with Crippen LogP contribution in [0.15, 0.2) is 24.3 Å². The van der Waals surface area contributed by atoms with E-state index in [0.717, 1.165) is 31.9 Å². The number of anilines is 2. The molecule has 0 aromatic heterocycles. The molecule has 1 saturated carbocycles. The minimum atomic E-state index is -1.41. The van der Waals surface area contributed by atoms with Crippen LogP contribution in [-0.2, 0) is 4.79 Å². The van der Waals surface area contributed by atoms with Crippen LogP contribution in [0, 0.1) is 5.92 Å². The Balaban J connectivity index is 1.58. The van der Waals surface area contributed by atoms with Crippen molar-refractivity contribution in [3.05, 3.63) is 24.3 Å². The van der Waals surface area contributed by atoms with Crippen molar-refractivity contribution < 1.29 is 14.3 Å². The summed E-state index contributed by atoms with van der Waals surface area (Å²) in [5.74, 6) is -0.627. The second kappa shape index (κ2) is 6.22. The number of alkyl halides is 1. The number of hydrogen-bond donors (Lipinski definition) is 3. The number of carbonyl (C=O) groups excluding carboxylic acids is 1. The van der Waals surface area contributed by atoms with Crippen LogP contribution >= 0.6 is 0 Å². The fraction of sp³-hybridized carbons (Fsp3) is 0.562. The molecule has 5 nitrogen and oxygen atoms in total. The van der Waals surface area contributed by atoms with Gasteiger partial charge in [0, 0.05) is 37.6 Å². The zero-order chi connectivity index (χ0) is 15.6. The number of benzene rings is 1. The highest BCUT2D eigenvalue weighted by atomic mass is 19.1. The fourth-order valence-corrected chi connectivity index (χ4v) is 3.12. The van der Waals surface area contributed by atoms with E-state index in [-0.39, 0.29) is 18.8 Å². The summed E-state index contributed by atoms with van der Waals surface area (Å²) >= 11 is 0. The van der Waals surface area contributed by atoms with E-state index < -0.39 is 18.2 Å². The molecule has 2 fully saturated rings. The van der Waals surface area contributed by atoms with Crippen molar-refractivity contribution in [3.63, 3.8) is 0 Å². The second-order valence-corrected chi connectivity index (χ2v) is 6.20. The predicted octanol–water partition coefficient (Wildman–Crippen LogP) is 1.15. The summed E-state index contributed by atoms with van der Waals surface area (Å²) in [6.45, 7) is 3.41. The van der Waals surface area contributed by atoms with Gasteiger partial charge < -0.3 is 20.6 Å². The van der Waals surface area contributed by atoms with Crippen molar-refractivity contribution in [2.24, 2.45) is 5.92 Å². The lowest BCUT2D eigenvalue weighted by molar-refractivity contribution is -0.150. The zero-order valence-corrected chi connectivity index (χ0v) is 12.5. The lowest BCUT2D eigenvalue weighted by Gasteiger charge is -2.40. The summed E-state index contributed by atoms with van der Waals surface area (Å²) in [7, 11) is 0. The third-order valence-corrected chi connectivity index (χ3v) is 4.50. The molecule has 0 radical (unpaired) electrons. The van der Waals surface area contributed by atoms with Gasteiger partial charge in [-0.15, -0.1) is 0 Å². The number of nitrogens with zero attached hydrogens (tertiary/aromatic N) is 1. The number of piperazine rings is 1. The summed E-state index contributed by atoms with van der Waals surface area (Å²) in [5.41, 5.74) is 0.369. The smallest absolute Gasteiger partial charge is 0.256 e. The van der Waals surface area contributed by atoms with Crippen molar-refractivity contribution in [2.45, 2.75) is 18.4 Å². The third kappa shape index (κ3) is 3.08. The molecule has 1 heterocycles. The van der Waals surface area contributed by atoms with Crippen LogP contribution in [0.3, 0.4) is 0 Å². The highest BCUT2D eigenvalue weighted by Gasteiger charge is 2.48. The number of carbonyl (C=O) groups is 1. The molecule has 0 atom stereocenters. The summed E-state index contributed by atoms with van der Waals surface area (Å²) < 4.78 is 12.4. The Morgan fingerprint density at radius 1 is 1.32 bits per heavy atom. The van der Waals surface area contributed by atoms with E-state index in [1.807, 2.05) is 24.3 Å². The molecule has 0 spiro atoms. The quantitative estimate of drug-likeness (QED) is 0.781. The SMILES string of the molecule is O=C(Nc1ccc(N2CCNCC2)cc1)C1(O)CC(CF)C1. The number of aliphatic hydroxyl groups is 1. The molecule has 0 unspecified atom stereocenters. The van der Waals surface area contributed by atoms with Crippen LogP contribution < -0.4 is 15.5 Å². The average molecular weight is 307 g/mol. The molecule has 1 aromatic rings. The topological polar surface area (TPSA) is 64.6 Å². The standard InChI is InChI=1S/C16H22FN3O2/c17-11-12-9-16(22,10-12)15(21)19-13-1-3-14(4-2-13)20-7-5-18-6-8-20/h1-4,12,18,22H,5-11H2,(H,19,21). The van der Waals surface area contributed by atoms with E-state index >= 15 is 0 Å². The maximum Gasteiger partial charge on any atom is 0.256 e. The van der Waals surface area contributed by atoms with Gasteiger partial charge in [0.1, 0.15) is 5.60 Å². The van der Waals surface area contributed by atoms with Crippen molar-refractivity contribution in [1.29, 1.82) is 0 Å². The summed E-state index contributed by atoms with van der Waals surface area (Å²) in [6.07, 6.45) is 0.405. The molecule has 3 N–H and O–H groups in total. The Morgan fingerprint density at radius 3 is 2.55 bits per heavy atom. The van der Waals surface area contributed by atoms with Gasteiger partial charge in [-0.25, -0.2) is 0 Å².